The second kappa shape index (κ2) is 9.13. The van der Waals surface area contributed by atoms with Crippen LogP contribution in [0.25, 0.3) is 22.2 Å². The van der Waals surface area contributed by atoms with E-state index in [-0.39, 0.29) is 23.9 Å². The van der Waals surface area contributed by atoms with Gasteiger partial charge in [0.05, 0.1) is 21.7 Å². The van der Waals surface area contributed by atoms with Crippen molar-refractivity contribution in [2.75, 3.05) is 26.2 Å². The number of sulfonamides is 1. The van der Waals surface area contributed by atoms with E-state index in [2.05, 4.69) is 4.98 Å². The number of carbonyl (C=O) groups is 1. The number of nitrogens with zero attached hydrogens (tertiary/aromatic N) is 4. The number of halogens is 1. The third-order valence-corrected chi connectivity index (χ3v) is 8.06. The van der Waals surface area contributed by atoms with Gasteiger partial charge >= 0.3 is 0 Å². The predicted molar refractivity (Wildman–Crippen MR) is 131 cm³/mol. The lowest BCUT2D eigenvalue weighted by molar-refractivity contribution is 0.0700. The molecule has 0 spiro atoms. The maximum Gasteiger partial charge on any atom is 0.254 e. The first-order chi connectivity index (χ1) is 16.4. The second-order valence-electron chi connectivity index (χ2n) is 7.96. The number of hydrogen-bond acceptors (Lipinski definition) is 5. The Morgan fingerprint density at radius 2 is 1.56 bits per heavy atom. The van der Waals surface area contributed by atoms with Crippen LogP contribution in [0.15, 0.2) is 84.0 Å². The molecular formula is C25H21ClN4O3S. The number of piperazine rings is 1. The van der Waals surface area contributed by atoms with Crippen molar-refractivity contribution in [2.24, 2.45) is 0 Å². The molecule has 3 heterocycles. The maximum absolute atomic E-state index is 13.6. The van der Waals surface area contributed by atoms with Crippen LogP contribution in [0.5, 0.6) is 0 Å². The van der Waals surface area contributed by atoms with Gasteiger partial charge in [0.1, 0.15) is 0 Å². The van der Waals surface area contributed by atoms with Gasteiger partial charge in [-0.05, 0) is 48.5 Å². The molecule has 0 radical (unpaired) electrons. The Hall–Kier alpha value is -3.33. The molecule has 0 saturated carbocycles. The summed E-state index contributed by atoms with van der Waals surface area (Å²) < 4.78 is 27.4. The molecule has 0 bridgehead atoms. The molecule has 1 aliphatic rings. The van der Waals surface area contributed by atoms with E-state index in [0.29, 0.717) is 29.4 Å². The minimum absolute atomic E-state index is 0.141. The number of pyridine rings is 2. The summed E-state index contributed by atoms with van der Waals surface area (Å²) in [5.41, 5.74) is 2.83. The normalized spacial score (nSPS) is 14.9. The molecule has 1 saturated heterocycles. The molecule has 0 aliphatic carbocycles. The van der Waals surface area contributed by atoms with Crippen molar-refractivity contribution in [3.63, 3.8) is 0 Å². The first kappa shape index (κ1) is 22.5. The molecule has 1 aliphatic heterocycles. The molecular weight excluding hydrogens is 472 g/mol. The van der Waals surface area contributed by atoms with Crippen LogP contribution in [0.3, 0.4) is 0 Å². The standard InChI is InChI=1S/C25H21ClN4O3S/c26-19-5-7-20(8-6-19)34(32,33)30-15-13-29(14-16-30)25(31)22-17-24(18-9-11-27-12-10-18)28-23-4-2-1-3-21(22)23/h1-12,17H,13-16H2. The summed E-state index contributed by atoms with van der Waals surface area (Å²) in [4.78, 5) is 24.2. The highest BCUT2D eigenvalue weighted by Crippen LogP contribution is 2.27. The summed E-state index contributed by atoms with van der Waals surface area (Å²) in [5, 5.41) is 1.24. The molecule has 2 aromatic heterocycles. The van der Waals surface area contributed by atoms with Gasteiger partial charge in [-0.2, -0.15) is 4.31 Å². The fourth-order valence-corrected chi connectivity index (χ4v) is 5.63. The summed E-state index contributed by atoms with van der Waals surface area (Å²) in [5.74, 6) is -0.141. The molecule has 1 fully saturated rings. The number of rotatable bonds is 4. The Morgan fingerprint density at radius 1 is 0.882 bits per heavy atom. The van der Waals surface area contributed by atoms with Crippen molar-refractivity contribution in [3.8, 4) is 11.3 Å². The van der Waals surface area contributed by atoms with E-state index in [4.69, 9.17) is 16.6 Å². The first-order valence-electron chi connectivity index (χ1n) is 10.8. The fraction of sp³-hybridized carbons (Fsp3) is 0.160. The molecule has 1 amide bonds. The Labute approximate surface area is 202 Å². The molecule has 0 unspecified atom stereocenters. The molecule has 5 rings (SSSR count). The van der Waals surface area contributed by atoms with Crippen molar-refractivity contribution < 1.29 is 13.2 Å². The summed E-state index contributed by atoms with van der Waals surface area (Å²) in [6.07, 6.45) is 3.38. The number of carbonyl (C=O) groups excluding carboxylic acids is 1. The van der Waals surface area contributed by atoms with Gasteiger partial charge in [-0.25, -0.2) is 13.4 Å². The third-order valence-electron chi connectivity index (χ3n) is 5.90. The molecule has 34 heavy (non-hydrogen) atoms. The van der Waals surface area contributed by atoms with Crippen molar-refractivity contribution in [2.45, 2.75) is 4.90 Å². The average Bonchev–Trinajstić information content (AvgIpc) is 2.88. The van der Waals surface area contributed by atoms with Crippen molar-refractivity contribution in [1.29, 1.82) is 0 Å². The third kappa shape index (κ3) is 4.27. The summed E-state index contributed by atoms with van der Waals surface area (Å²) in [7, 11) is -3.65. The lowest BCUT2D eigenvalue weighted by Crippen LogP contribution is -2.50. The zero-order valence-electron chi connectivity index (χ0n) is 18.1. The molecule has 0 N–H and O–H groups in total. The van der Waals surface area contributed by atoms with Gasteiger partial charge in [0.25, 0.3) is 5.91 Å². The highest BCUT2D eigenvalue weighted by Gasteiger charge is 2.31. The van der Waals surface area contributed by atoms with E-state index in [1.807, 2.05) is 36.4 Å². The van der Waals surface area contributed by atoms with Crippen molar-refractivity contribution in [3.05, 3.63) is 89.7 Å². The van der Waals surface area contributed by atoms with E-state index in [1.54, 1.807) is 35.5 Å². The van der Waals surface area contributed by atoms with E-state index >= 15 is 0 Å². The van der Waals surface area contributed by atoms with Gasteiger partial charge in [-0.1, -0.05) is 29.8 Å². The van der Waals surface area contributed by atoms with Gasteiger partial charge in [0.2, 0.25) is 10.0 Å². The zero-order valence-corrected chi connectivity index (χ0v) is 19.7. The average molecular weight is 493 g/mol. The Balaban J connectivity index is 1.41. The fourth-order valence-electron chi connectivity index (χ4n) is 4.08. The number of fused-ring (bicyclic) bond motifs is 1. The van der Waals surface area contributed by atoms with E-state index in [9.17, 15) is 13.2 Å². The predicted octanol–water partition coefficient (Wildman–Crippen LogP) is 4.10. The van der Waals surface area contributed by atoms with Gasteiger partial charge in [-0.3, -0.25) is 9.78 Å². The maximum atomic E-state index is 13.6. The number of amides is 1. The molecule has 172 valence electrons. The monoisotopic (exact) mass is 492 g/mol. The number of hydrogen-bond donors (Lipinski definition) is 0. The van der Waals surface area contributed by atoms with E-state index < -0.39 is 10.0 Å². The molecule has 9 heteroatoms. The van der Waals surface area contributed by atoms with Gasteiger partial charge in [-0.15, -0.1) is 0 Å². The number of benzene rings is 2. The van der Waals surface area contributed by atoms with Gasteiger partial charge in [0.15, 0.2) is 0 Å². The Kier molecular flexibility index (Phi) is 6.03. The van der Waals surface area contributed by atoms with Crippen LogP contribution in [0.2, 0.25) is 5.02 Å². The minimum Gasteiger partial charge on any atom is -0.336 e. The number of para-hydroxylation sites is 1. The summed E-state index contributed by atoms with van der Waals surface area (Å²) in [6, 6.07) is 19.2. The Morgan fingerprint density at radius 3 is 2.26 bits per heavy atom. The van der Waals surface area contributed by atoms with Crippen LogP contribution in [0.1, 0.15) is 10.4 Å². The molecule has 7 nitrogen and oxygen atoms in total. The highest BCUT2D eigenvalue weighted by atomic mass is 35.5. The van der Waals surface area contributed by atoms with Crippen molar-refractivity contribution in [1.82, 2.24) is 19.2 Å². The van der Waals surface area contributed by atoms with Crippen LogP contribution < -0.4 is 0 Å². The zero-order chi connectivity index (χ0) is 23.7. The topological polar surface area (TPSA) is 83.5 Å². The van der Waals surface area contributed by atoms with Crippen LogP contribution in [0.4, 0.5) is 0 Å². The van der Waals surface area contributed by atoms with Gasteiger partial charge in [0, 0.05) is 54.5 Å². The smallest absolute Gasteiger partial charge is 0.254 e. The molecule has 0 atom stereocenters. The quantitative estimate of drug-likeness (QED) is 0.428. The lowest BCUT2D eigenvalue weighted by Gasteiger charge is -2.34. The SMILES string of the molecule is O=C(c1cc(-c2ccncc2)nc2ccccc12)N1CCN(S(=O)(=O)c2ccc(Cl)cc2)CC1. The Bertz CT molecular complexity index is 1450. The van der Waals surface area contributed by atoms with Crippen molar-refractivity contribution >= 4 is 38.4 Å². The van der Waals surface area contributed by atoms with Crippen LogP contribution in [-0.2, 0) is 10.0 Å². The minimum atomic E-state index is -3.65. The molecule has 4 aromatic rings. The molecule has 2 aromatic carbocycles. The second-order valence-corrected chi connectivity index (χ2v) is 10.3. The largest absolute Gasteiger partial charge is 0.336 e. The van der Waals surface area contributed by atoms with Crippen LogP contribution >= 0.6 is 11.6 Å². The highest BCUT2D eigenvalue weighted by molar-refractivity contribution is 7.89. The number of aromatic nitrogens is 2. The first-order valence-corrected chi connectivity index (χ1v) is 12.6. The van der Waals surface area contributed by atoms with E-state index in [1.165, 1.54) is 16.4 Å². The summed E-state index contributed by atoms with van der Waals surface area (Å²) in [6.45, 7) is 1.04. The summed E-state index contributed by atoms with van der Waals surface area (Å²) >= 11 is 5.89. The van der Waals surface area contributed by atoms with Crippen LogP contribution in [0, 0.1) is 0 Å². The lowest BCUT2D eigenvalue weighted by atomic mass is 10.0. The van der Waals surface area contributed by atoms with E-state index in [0.717, 1.165) is 16.5 Å². The van der Waals surface area contributed by atoms with Gasteiger partial charge < -0.3 is 4.90 Å². The van der Waals surface area contributed by atoms with Crippen LogP contribution in [-0.4, -0.2) is 59.7 Å².